The molecule has 10 nitrogen and oxygen atoms in total. The summed E-state index contributed by atoms with van der Waals surface area (Å²) in [5.74, 6) is 0.177. The minimum atomic E-state index is -3.42. The Morgan fingerprint density at radius 1 is 1.39 bits per heavy atom. The van der Waals surface area contributed by atoms with Crippen LogP contribution in [0.1, 0.15) is 12.6 Å². The van der Waals surface area contributed by atoms with Gasteiger partial charge in [0, 0.05) is 7.05 Å². The number of aryl methyl sites for hydroxylation is 2. The second kappa shape index (κ2) is 6.20. The summed E-state index contributed by atoms with van der Waals surface area (Å²) in [6, 6.07) is 3.10. The number of rotatable bonds is 5. The normalized spacial score (nSPS) is 11.3. The largest absolute Gasteiger partial charge is 0.465 e. The maximum atomic E-state index is 11.4. The lowest BCUT2D eigenvalue weighted by Gasteiger charge is -2.10. The summed E-state index contributed by atoms with van der Waals surface area (Å²) in [5.41, 5.74) is 1.53. The van der Waals surface area contributed by atoms with Crippen LogP contribution in [-0.2, 0) is 23.5 Å². The molecule has 3 N–H and O–H groups in total. The van der Waals surface area contributed by atoms with Crippen LogP contribution in [0.15, 0.2) is 12.1 Å². The Bertz CT molecular complexity index is 845. The molecule has 0 fully saturated rings. The molecule has 2 aromatic heterocycles. The lowest BCUT2D eigenvalue weighted by Crippen LogP contribution is -2.13. The van der Waals surface area contributed by atoms with Crippen LogP contribution in [0.3, 0.4) is 0 Å². The van der Waals surface area contributed by atoms with Crippen molar-refractivity contribution in [3.8, 4) is 11.4 Å². The van der Waals surface area contributed by atoms with Gasteiger partial charge in [-0.3, -0.25) is 10.0 Å². The van der Waals surface area contributed by atoms with E-state index < -0.39 is 16.1 Å². The van der Waals surface area contributed by atoms with Crippen LogP contribution < -0.4 is 10.0 Å². The van der Waals surface area contributed by atoms with Crippen LogP contribution in [0, 0.1) is 0 Å². The van der Waals surface area contributed by atoms with Crippen molar-refractivity contribution in [2.75, 3.05) is 16.3 Å². The van der Waals surface area contributed by atoms with Crippen LogP contribution in [0.25, 0.3) is 11.4 Å². The number of nitrogens with one attached hydrogen (secondary N) is 2. The van der Waals surface area contributed by atoms with Gasteiger partial charge in [-0.1, -0.05) is 12.1 Å². The van der Waals surface area contributed by atoms with Gasteiger partial charge in [-0.15, -0.1) is 5.10 Å². The highest BCUT2D eigenvalue weighted by molar-refractivity contribution is 7.92. The van der Waals surface area contributed by atoms with Crippen LogP contribution >= 0.6 is 0 Å². The first-order valence-corrected chi connectivity index (χ1v) is 8.48. The first-order valence-electron chi connectivity index (χ1n) is 6.59. The molecule has 0 aliphatic heterocycles. The molecular weight excluding hydrogens is 324 g/mol. The highest BCUT2D eigenvalue weighted by Crippen LogP contribution is 2.26. The van der Waals surface area contributed by atoms with Crippen molar-refractivity contribution in [1.82, 2.24) is 20.0 Å². The average molecular weight is 340 g/mol. The topological polar surface area (TPSA) is 139 Å². The summed E-state index contributed by atoms with van der Waals surface area (Å²) in [7, 11) is -1.88. The molecule has 1 amide bonds. The minimum Gasteiger partial charge on any atom is -0.465 e. The van der Waals surface area contributed by atoms with Crippen LogP contribution in [-0.4, -0.2) is 45.9 Å². The van der Waals surface area contributed by atoms with Crippen molar-refractivity contribution >= 4 is 27.6 Å². The smallest absolute Gasteiger partial charge is 0.410 e. The van der Waals surface area contributed by atoms with Gasteiger partial charge in [0.2, 0.25) is 10.0 Å². The molecule has 11 heteroatoms. The highest BCUT2D eigenvalue weighted by atomic mass is 32.2. The van der Waals surface area contributed by atoms with E-state index in [9.17, 15) is 13.2 Å². The van der Waals surface area contributed by atoms with E-state index in [1.165, 1.54) is 4.68 Å². The number of aromatic nitrogens is 4. The third-order valence-electron chi connectivity index (χ3n) is 2.90. The van der Waals surface area contributed by atoms with Crippen molar-refractivity contribution in [3.05, 3.63) is 17.8 Å². The number of nitrogens with zero attached hydrogens (tertiary/aromatic N) is 4. The first-order chi connectivity index (χ1) is 10.7. The molecular formula is C12H16N6O4S. The quantitative estimate of drug-likeness (QED) is 0.734. The van der Waals surface area contributed by atoms with Gasteiger partial charge in [-0.05, 0) is 18.6 Å². The van der Waals surface area contributed by atoms with E-state index >= 15 is 0 Å². The molecule has 0 aliphatic rings. The van der Waals surface area contributed by atoms with Crippen LogP contribution in [0.5, 0.6) is 0 Å². The van der Waals surface area contributed by atoms with Crippen LogP contribution in [0.2, 0.25) is 0 Å². The van der Waals surface area contributed by atoms with Crippen molar-refractivity contribution in [2.24, 2.45) is 7.05 Å². The molecule has 2 rings (SSSR count). The number of sulfonamides is 1. The van der Waals surface area contributed by atoms with Gasteiger partial charge in [0.25, 0.3) is 0 Å². The number of amides is 1. The highest BCUT2D eigenvalue weighted by Gasteiger charge is 2.18. The number of pyridine rings is 1. The predicted octanol–water partition coefficient (Wildman–Crippen LogP) is 0.901. The van der Waals surface area contributed by atoms with Gasteiger partial charge in [-0.2, -0.15) is 0 Å². The Labute approximate surface area is 132 Å². The summed E-state index contributed by atoms with van der Waals surface area (Å²) < 4.78 is 26.4. The lowest BCUT2D eigenvalue weighted by molar-refractivity contribution is 0.209. The molecule has 0 aliphatic carbocycles. The number of carbonyl (C=O) groups is 1. The summed E-state index contributed by atoms with van der Waals surface area (Å²) in [5, 5.41) is 18.8. The Balaban J connectivity index is 2.48. The fraction of sp³-hybridized carbons (Fsp3) is 0.333. The van der Waals surface area contributed by atoms with Gasteiger partial charge >= 0.3 is 6.09 Å². The monoisotopic (exact) mass is 340 g/mol. The van der Waals surface area contributed by atoms with Gasteiger partial charge in [0.15, 0.2) is 11.5 Å². The zero-order valence-electron chi connectivity index (χ0n) is 12.7. The lowest BCUT2D eigenvalue weighted by atomic mass is 10.2. The zero-order chi connectivity index (χ0) is 17.2. The van der Waals surface area contributed by atoms with E-state index in [1.54, 1.807) is 19.2 Å². The maximum absolute atomic E-state index is 11.4. The molecule has 0 saturated heterocycles. The molecule has 0 spiro atoms. The fourth-order valence-corrected chi connectivity index (χ4v) is 2.55. The van der Waals surface area contributed by atoms with Crippen molar-refractivity contribution in [1.29, 1.82) is 0 Å². The predicted molar refractivity (Wildman–Crippen MR) is 83.7 cm³/mol. The summed E-state index contributed by atoms with van der Waals surface area (Å²) in [6.45, 7) is 1.83. The standard InChI is InChI=1S/C12H16N6O4S/c1-4-7-8(16-23(3,21)22)5-6-9(13-7)10-11(14-12(19)20)18(2)17-15-10/h5-6,14,16H,4H2,1-3H3,(H,19,20). The van der Waals surface area contributed by atoms with E-state index in [0.29, 0.717) is 23.5 Å². The van der Waals surface area contributed by atoms with E-state index in [1.807, 2.05) is 6.92 Å². The van der Waals surface area contributed by atoms with E-state index in [0.717, 1.165) is 6.26 Å². The molecule has 0 atom stereocenters. The molecule has 124 valence electrons. The molecule has 0 unspecified atom stereocenters. The van der Waals surface area contributed by atoms with Gasteiger partial charge in [-0.25, -0.2) is 22.9 Å². The van der Waals surface area contributed by atoms with Crippen molar-refractivity contribution in [3.63, 3.8) is 0 Å². The van der Waals surface area contributed by atoms with Gasteiger partial charge < -0.3 is 5.11 Å². The van der Waals surface area contributed by atoms with E-state index in [2.05, 4.69) is 25.3 Å². The Morgan fingerprint density at radius 3 is 2.65 bits per heavy atom. The first kappa shape index (κ1) is 16.7. The Hall–Kier alpha value is -2.69. The molecule has 2 heterocycles. The Kier molecular flexibility index (Phi) is 4.50. The molecule has 0 radical (unpaired) electrons. The number of carboxylic acid groups (broad SMARTS) is 1. The third-order valence-corrected chi connectivity index (χ3v) is 3.49. The van der Waals surface area contributed by atoms with E-state index in [-0.39, 0.29) is 11.5 Å². The average Bonchev–Trinajstić information content (AvgIpc) is 2.78. The molecule has 23 heavy (non-hydrogen) atoms. The second-order valence-corrected chi connectivity index (χ2v) is 6.51. The number of anilines is 2. The summed E-state index contributed by atoms with van der Waals surface area (Å²) in [4.78, 5) is 15.2. The maximum Gasteiger partial charge on any atom is 0.410 e. The van der Waals surface area contributed by atoms with Crippen molar-refractivity contribution < 1.29 is 18.3 Å². The minimum absolute atomic E-state index is 0.177. The molecule has 2 aromatic rings. The summed E-state index contributed by atoms with van der Waals surface area (Å²) in [6.07, 6.45) is 0.286. The zero-order valence-corrected chi connectivity index (χ0v) is 13.5. The molecule has 0 saturated carbocycles. The van der Waals surface area contributed by atoms with Gasteiger partial charge in [0.1, 0.15) is 0 Å². The molecule has 0 aromatic carbocycles. The van der Waals surface area contributed by atoms with Crippen molar-refractivity contribution in [2.45, 2.75) is 13.3 Å². The van der Waals surface area contributed by atoms with E-state index in [4.69, 9.17) is 5.11 Å². The van der Waals surface area contributed by atoms with Crippen LogP contribution in [0.4, 0.5) is 16.3 Å². The third kappa shape index (κ3) is 3.94. The molecule has 0 bridgehead atoms. The Morgan fingerprint density at radius 2 is 2.09 bits per heavy atom. The number of hydrogen-bond acceptors (Lipinski definition) is 6. The number of hydrogen-bond donors (Lipinski definition) is 3. The second-order valence-electron chi connectivity index (χ2n) is 4.76. The SMILES string of the molecule is CCc1nc(-c2nnn(C)c2NC(=O)O)ccc1NS(C)(=O)=O. The fourth-order valence-electron chi connectivity index (χ4n) is 1.97. The summed E-state index contributed by atoms with van der Waals surface area (Å²) >= 11 is 0. The van der Waals surface area contributed by atoms with Gasteiger partial charge in [0.05, 0.1) is 23.3 Å².